The zero-order valence-electron chi connectivity index (χ0n) is 22.6. The summed E-state index contributed by atoms with van der Waals surface area (Å²) in [7, 11) is 1.84. The van der Waals surface area contributed by atoms with Crippen molar-refractivity contribution in [1.29, 1.82) is 0 Å². The largest absolute Gasteiger partial charge is 0.384 e. The molecule has 0 spiro atoms. The highest BCUT2D eigenvalue weighted by Crippen LogP contribution is 2.43. The first kappa shape index (κ1) is 27.2. The number of nitrogens with zero attached hydrogens (tertiary/aromatic N) is 3. The van der Waals surface area contributed by atoms with Gasteiger partial charge < -0.3 is 30.2 Å². The Balaban J connectivity index is 1.17. The van der Waals surface area contributed by atoms with E-state index in [9.17, 15) is 22.8 Å². The summed E-state index contributed by atoms with van der Waals surface area (Å²) in [6, 6.07) is 7.01. The third kappa shape index (κ3) is 5.24. The van der Waals surface area contributed by atoms with Gasteiger partial charge in [0.15, 0.2) is 11.6 Å². The van der Waals surface area contributed by atoms with Crippen LogP contribution in [0.3, 0.4) is 0 Å². The molecule has 0 saturated carbocycles. The van der Waals surface area contributed by atoms with Gasteiger partial charge in [0.1, 0.15) is 12.0 Å². The van der Waals surface area contributed by atoms with Crippen LogP contribution in [0.5, 0.6) is 0 Å². The molecule has 4 heterocycles. The lowest BCUT2D eigenvalue weighted by Crippen LogP contribution is -2.41. The van der Waals surface area contributed by atoms with E-state index < -0.39 is 23.6 Å². The predicted molar refractivity (Wildman–Crippen MR) is 149 cm³/mol. The molecule has 0 bridgehead atoms. The van der Waals surface area contributed by atoms with Crippen LogP contribution in [0.1, 0.15) is 33.2 Å². The molecule has 12 heteroatoms. The van der Waals surface area contributed by atoms with Gasteiger partial charge >= 0.3 is 0 Å². The fourth-order valence-corrected chi connectivity index (χ4v) is 5.77. The van der Waals surface area contributed by atoms with Crippen LogP contribution in [-0.4, -0.2) is 73.7 Å². The molecular formula is C29H31F3N6O3. The second-order valence-electron chi connectivity index (χ2n) is 10.5. The van der Waals surface area contributed by atoms with E-state index in [1.54, 1.807) is 6.07 Å². The van der Waals surface area contributed by atoms with Crippen molar-refractivity contribution >= 4 is 23.0 Å². The first-order valence-electron chi connectivity index (χ1n) is 13.6. The van der Waals surface area contributed by atoms with E-state index >= 15 is 0 Å². The van der Waals surface area contributed by atoms with Gasteiger partial charge in [0.2, 0.25) is 0 Å². The van der Waals surface area contributed by atoms with E-state index in [1.165, 1.54) is 6.20 Å². The van der Waals surface area contributed by atoms with E-state index in [2.05, 4.69) is 20.5 Å². The lowest BCUT2D eigenvalue weighted by atomic mass is 10.1. The molecule has 3 aliphatic heterocycles. The minimum Gasteiger partial charge on any atom is -0.384 e. The van der Waals surface area contributed by atoms with Crippen LogP contribution in [-0.2, 0) is 17.7 Å². The summed E-state index contributed by atoms with van der Waals surface area (Å²) in [6.07, 6.45) is 0.964. The van der Waals surface area contributed by atoms with Crippen LogP contribution in [0.2, 0.25) is 0 Å². The van der Waals surface area contributed by atoms with Gasteiger partial charge in [-0.1, -0.05) is 0 Å². The number of amides is 1. The number of fused-ring (bicyclic) bond motifs is 2. The van der Waals surface area contributed by atoms with Gasteiger partial charge in [0.25, 0.3) is 11.5 Å². The van der Waals surface area contributed by atoms with Crippen molar-refractivity contribution in [3.05, 3.63) is 86.6 Å². The fraction of sp³-hybridized carbons (Fsp3) is 0.379. The number of H-pyrrole nitrogens is 1. The highest BCUT2D eigenvalue weighted by Gasteiger charge is 2.35. The number of aromatic nitrogens is 1. The molecule has 3 aliphatic rings. The molecular weight excluding hydrogens is 537 g/mol. The molecule has 3 aromatic rings. The predicted octanol–water partition coefficient (Wildman–Crippen LogP) is 3.30. The topological polar surface area (TPSA) is 92.9 Å². The molecule has 1 amide bonds. The average Bonchev–Trinajstić information content (AvgIpc) is 3.44. The summed E-state index contributed by atoms with van der Waals surface area (Å²) in [5.74, 6) is -3.18. The molecule has 41 heavy (non-hydrogen) atoms. The van der Waals surface area contributed by atoms with Crippen molar-refractivity contribution in [2.75, 3.05) is 68.5 Å². The molecule has 0 radical (unpaired) electrons. The van der Waals surface area contributed by atoms with Crippen molar-refractivity contribution in [1.82, 2.24) is 14.8 Å². The summed E-state index contributed by atoms with van der Waals surface area (Å²) in [5, 5.41) is 6.53. The maximum absolute atomic E-state index is 14.1. The molecule has 6 rings (SSSR count). The van der Waals surface area contributed by atoms with Gasteiger partial charge in [0.05, 0.1) is 30.2 Å². The third-order valence-electron chi connectivity index (χ3n) is 8.00. The summed E-state index contributed by atoms with van der Waals surface area (Å²) >= 11 is 0. The number of benzene rings is 2. The number of rotatable bonds is 8. The Labute approximate surface area is 234 Å². The average molecular weight is 569 g/mol. The summed E-state index contributed by atoms with van der Waals surface area (Å²) in [4.78, 5) is 35.0. The number of ether oxygens (including phenoxy) is 1. The van der Waals surface area contributed by atoms with E-state index in [4.69, 9.17) is 4.74 Å². The van der Waals surface area contributed by atoms with Crippen LogP contribution in [0, 0.1) is 17.5 Å². The van der Waals surface area contributed by atoms with Gasteiger partial charge in [-0.15, -0.1) is 0 Å². The Kier molecular flexibility index (Phi) is 7.35. The van der Waals surface area contributed by atoms with Crippen LogP contribution < -0.4 is 21.1 Å². The Morgan fingerprint density at radius 3 is 2.68 bits per heavy atom. The second kappa shape index (κ2) is 11.1. The van der Waals surface area contributed by atoms with Crippen LogP contribution in [0.4, 0.5) is 30.2 Å². The quantitative estimate of drug-likeness (QED) is 0.359. The number of pyridine rings is 1. The highest BCUT2D eigenvalue weighted by atomic mass is 19.2. The first-order valence-corrected chi connectivity index (χ1v) is 13.6. The van der Waals surface area contributed by atoms with Gasteiger partial charge in [-0.3, -0.25) is 14.5 Å². The second-order valence-corrected chi connectivity index (χ2v) is 10.5. The van der Waals surface area contributed by atoms with Crippen LogP contribution in [0.25, 0.3) is 0 Å². The first-order chi connectivity index (χ1) is 19.8. The molecule has 1 atom stereocenters. The Morgan fingerprint density at radius 1 is 1.07 bits per heavy atom. The molecule has 1 unspecified atom stereocenters. The molecule has 1 fully saturated rings. The van der Waals surface area contributed by atoms with Crippen LogP contribution >= 0.6 is 0 Å². The van der Waals surface area contributed by atoms with Crippen molar-refractivity contribution in [2.45, 2.75) is 19.1 Å². The summed E-state index contributed by atoms with van der Waals surface area (Å²) in [6.45, 7) is 5.28. The fourth-order valence-electron chi connectivity index (χ4n) is 5.77. The third-order valence-corrected chi connectivity index (χ3v) is 8.00. The number of carbonyl (C=O) groups excluding carboxylic acids is 1. The molecule has 9 nitrogen and oxygen atoms in total. The number of morpholine rings is 1. The van der Waals surface area contributed by atoms with E-state index in [0.717, 1.165) is 42.6 Å². The van der Waals surface area contributed by atoms with Gasteiger partial charge in [-0.25, -0.2) is 13.2 Å². The number of halogens is 3. The van der Waals surface area contributed by atoms with Gasteiger partial charge in [0, 0.05) is 69.8 Å². The number of hydrogen-bond donors (Lipinski definition) is 3. The summed E-state index contributed by atoms with van der Waals surface area (Å²) < 4.78 is 46.7. The molecule has 0 aliphatic carbocycles. The molecule has 1 saturated heterocycles. The van der Waals surface area contributed by atoms with Crippen LogP contribution in [0.15, 0.2) is 41.3 Å². The number of aromatic amines is 1. The number of nitrogens with one attached hydrogen (secondary N) is 3. The highest BCUT2D eigenvalue weighted by molar-refractivity contribution is 6.01. The Bertz CT molecular complexity index is 1540. The van der Waals surface area contributed by atoms with Gasteiger partial charge in [-0.2, -0.15) is 0 Å². The lowest BCUT2D eigenvalue weighted by Gasteiger charge is -2.28. The maximum Gasteiger partial charge on any atom is 0.257 e. The minimum atomic E-state index is -1.24. The lowest BCUT2D eigenvalue weighted by molar-refractivity contribution is 0.0327. The Morgan fingerprint density at radius 2 is 1.88 bits per heavy atom. The number of carbonyl (C=O) groups is 1. The van der Waals surface area contributed by atoms with Crippen molar-refractivity contribution < 1.29 is 22.7 Å². The number of hydrogen-bond acceptors (Lipinski definition) is 7. The molecule has 2 aromatic carbocycles. The molecule has 1 aromatic heterocycles. The van der Waals surface area contributed by atoms with E-state index in [-0.39, 0.29) is 30.0 Å². The van der Waals surface area contributed by atoms with E-state index in [1.807, 2.05) is 29.0 Å². The van der Waals surface area contributed by atoms with Crippen molar-refractivity contribution in [3.8, 4) is 0 Å². The smallest absolute Gasteiger partial charge is 0.257 e. The standard InChI is InChI=1S/C29H31F3N6O3/c1-36-24-15-20-18(16-38(29(20)40)7-6-37-8-10-41-11-9-37)13-23(24)35-27(36)25-22(3-5-34-28(25)39)33-4-2-17-12-19(30)14-21(31)26(17)32/h3,5,12-15,27,35H,2,4,6-11,16H2,1H3,(H2,33,34,39). The maximum atomic E-state index is 14.1. The molecule has 3 N–H and O–H groups in total. The monoisotopic (exact) mass is 568 g/mol. The number of anilines is 3. The Hall–Kier alpha value is -4.03. The van der Waals surface area contributed by atoms with Crippen molar-refractivity contribution in [2.24, 2.45) is 0 Å². The van der Waals surface area contributed by atoms with E-state index in [0.29, 0.717) is 49.2 Å². The van der Waals surface area contributed by atoms with Crippen molar-refractivity contribution in [3.63, 3.8) is 0 Å². The molecule has 216 valence electrons. The SMILES string of the molecule is CN1c2cc3c(cc2NC1c1c(NCCc2cc(F)cc(F)c2F)cc[nH]c1=O)CN(CCN1CCOCC1)C3=O. The zero-order valence-corrected chi connectivity index (χ0v) is 22.6. The summed E-state index contributed by atoms with van der Waals surface area (Å²) in [5.41, 5.74) is 3.67. The van der Waals surface area contributed by atoms with Gasteiger partial charge in [-0.05, 0) is 41.8 Å². The minimum absolute atomic E-state index is 0.00570. The zero-order chi connectivity index (χ0) is 28.7. The normalized spacial score (nSPS) is 18.4.